The lowest BCUT2D eigenvalue weighted by Gasteiger charge is -2.14. The fourth-order valence-corrected chi connectivity index (χ4v) is 4.02. The van der Waals surface area contributed by atoms with Crippen molar-refractivity contribution in [3.05, 3.63) is 77.6 Å². The van der Waals surface area contributed by atoms with Crippen LogP contribution in [0.1, 0.15) is 34.3 Å². The average Bonchev–Trinajstić information content (AvgIpc) is 3.54. The predicted molar refractivity (Wildman–Crippen MR) is 133 cm³/mol. The molecule has 2 aromatic heterocycles. The number of aliphatic hydroxyl groups excluding tert-OH is 1. The number of fused-ring (bicyclic) bond motifs is 1. The Kier molecular flexibility index (Phi) is 5.94. The molecule has 1 aliphatic rings. The summed E-state index contributed by atoms with van der Waals surface area (Å²) in [7, 11) is 0. The van der Waals surface area contributed by atoms with E-state index in [1.165, 1.54) is 0 Å². The minimum atomic E-state index is -0.0194. The van der Waals surface area contributed by atoms with Gasteiger partial charge in [-0.1, -0.05) is 24.3 Å². The summed E-state index contributed by atoms with van der Waals surface area (Å²) in [5.74, 6) is 1.41. The van der Waals surface area contributed by atoms with Gasteiger partial charge in [-0.3, -0.25) is 9.20 Å². The van der Waals surface area contributed by atoms with E-state index in [2.05, 4.69) is 15.6 Å². The van der Waals surface area contributed by atoms with E-state index in [0.717, 1.165) is 52.3 Å². The van der Waals surface area contributed by atoms with Gasteiger partial charge in [-0.25, -0.2) is 4.98 Å². The van der Waals surface area contributed by atoms with Crippen molar-refractivity contribution in [2.24, 2.45) is 0 Å². The third-order valence-electron chi connectivity index (χ3n) is 6.01. The molecule has 0 unspecified atom stereocenters. The highest BCUT2D eigenvalue weighted by Gasteiger charge is 2.24. The molecule has 34 heavy (non-hydrogen) atoms. The Labute approximate surface area is 198 Å². The highest BCUT2D eigenvalue weighted by Crippen LogP contribution is 2.32. The summed E-state index contributed by atoms with van der Waals surface area (Å²) < 4.78 is 8.19. The molecule has 0 saturated heterocycles. The number of rotatable bonds is 8. The molecule has 0 bridgehead atoms. The number of nitrogens with zero attached hydrogens (tertiary/aromatic N) is 2. The summed E-state index contributed by atoms with van der Waals surface area (Å²) in [6.45, 7) is 4.36. The van der Waals surface area contributed by atoms with Crippen molar-refractivity contribution in [2.45, 2.75) is 32.7 Å². The fraction of sp³-hybridized carbons (Fsp3) is 0.259. The average molecular weight is 457 g/mol. The van der Waals surface area contributed by atoms with Crippen molar-refractivity contribution in [2.75, 3.05) is 18.5 Å². The molecule has 1 fully saturated rings. The van der Waals surface area contributed by atoms with Crippen LogP contribution in [0.4, 0.5) is 5.69 Å². The monoisotopic (exact) mass is 456 g/mol. The molecule has 0 atom stereocenters. The number of pyridine rings is 1. The number of ether oxygens (including phenoxy) is 1. The van der Waals surface area contributed by atoms with Crippen LogP contribution in [0.3, 0.4) is 0 Å². The van der Waals surface area contributed by atoms with Crippen molar-refractivity contribution in [1.29, 1.82) is 0 Å². The van der Waals surface area contributed by atoms with E-state index in [9.17, 15) is 9.90 Å². The largest absolute Gasteiger partial charge is 0.455 e. The number of amides is 1. The molecule has 2 aromatic carbocycles. The number of para-hydroxylation sites is 1. The number of aryl methyl sites for hydroxylation is 2. The topological polar surface area (TPSA) is 87.9 Å². The number of imidazole rings is 1. The highest BCUT2D eigenvalue weighted by molar-refractivity contribution is 5.96. The second-order valence-corrected chi connectivity index (χ2v) is 8.72. The molecule has 174 valence electrons. The van der Waals surface area contributed by atoms with Gasteiger partial charge in [0.1, 0.15) is 11.5 Å². The van der Waals surface area contributed by atoms with Crippen molar-refractivity contribution in [1.82, 2.24) is 14.7 Å². The van der Waals surface area contributed by atoms with E-state index < -0.39 is 0 Å². The van der Waals surface area contributed by atoms with E-state index in [1.54, 1.807) is 0 Å². The van der Waals surface area contributed by atoms with Crippen LogP contribution in [0, 0.1) is 13.8 Å². The first-order valence-corrected chi connectivity index (χ1v) is 11.5. The van der Waals surface area contributed by atoms with Gasteiger partial charge in [0.2, 0.25) is 0 Å². The number of hydrogen-bond acceptors (Lipinski definition) is 5. The quantitative estimate of drug-likeness (QED) is 0.358. The molecule has 1 saturated carbocycles. The van der Waals surface area contributed by atoms with Crippen molar-refractivity contribution in [3.63, 3.8) is 0 Å². The number of nitrogens with one attached hydrogen (secondary N) is 2. The Bertz CT molecular complexity index is 1360. The zero-order chi connectivity index (χ0) is 23.7. The van der Waals surface area contributed by atoms with E-state index in [1.807, 2.05) is 79.2 Å². The number of carbonyl (C=O) groups is 1. The lowest BCUT2D eigenvalue weighted by atomic mass is 10.0. The molecule has 4 aromatic rings. The van der Waals surface area contributed by atoms with Gasteiger partial charge in [-0.05, 0) is 56.0 Å². The van der Waals surface area contributed by atoms with Crippen LogP contribution >= 0.6 is 0 Å². The second kappa shape index (κ2) is 9.19. The molecular formula is C27H28N4O3. The third-order valence-corrected chi connectivity index (χ3v) is 6.01. The summed E-state index contributed by atoms with van der Waals surface area (Å²) in [6.07, 6.45) is 5.85. The van der Waals surface area contributed by atoms with Gasteiger partial charge in [0.25, 0.3) is 5.91 Å². The third kappa shape index (κ3) is 4.47. The number of benzene rings is 2. The van der Waals surface area contributed by atoms with E-state index in [4.69, 9.17) is 4.74 Å². The molecule has 1 aliphatic carbocycles. The van der Waals surface area contributed by atoms with Gasteiger partial charge in [-0.15, -0.1) is 0 Å². The minimum Gasteiger partial charge on any atom is -0.455 e. The van der Waals surface area contributed by atoms with Crippen LogP contribution in [-0.2, 0) is 0 Å². The van der Waals surface area contributed by atoms with Crippen LogP contribution in [0.2, 0.25) is 0 Å². The van der Waals surface area contributed by atoms with Gasteiger partial charge in [0.05, 0.1) is 30.4 Å². The predicted octanol–water partition coefficient (Wildman–Crippen LogP) is 4.71. The zero-order valence-corrected chi connectivity index (χ0v) is 19.3. The summed E-state index contributed by atoms with van der Waals surface area (Å²) in [4.78, 5) is 17.2. The SMILES string of the molecule is Cc1ccccc1Oc1cc(NCCO)c2ncc(-c3ccc(C(=O)NC4CC4)c(C)c3)n2c1. The number of carbonyl (C=O) groups excluding carboxylic acids is 1. The lowest BCUT2D eigenvalue weighted by Crippen LogP contribution is -2.26. The smallest absolute Gasteiger partial charge is 0.251 e. The maximum Gasteiger partial charge on any atom is 0.251 e. The van der Waals surface area contributed by atoms with Crippen LogP contribution < -0.4 is 15.4 Å². The van der Waals surface area contributed by atoms with E-state index in [0.29, 0.717) is 23.9 Å². The standard InChI is InChI=1S/C27H28N4O3/c1-17-5-3-4-6-25(17)34-21-14-23(28-11-12-32)26-29-15-24(31(26)16-21)19-7-10-22(18(2)13-19)27(33)30-20-8-9-20/h3-7,10,13-16,20,28,32H,8-9,11-12H2,1-2H3,(H,30,33). The van der Waals surface area contributed by atoms with E-state index in [-0.39, 0.29) is 12.5 Å². The van der Waals surface area contributed by atoms with Crippen molar-refractivity contribution in [3.8, 4) is 22.8 Å². The number of anilines is 1. The molecular weight excluding hydrogens is 428 g/mol. The number of aromatic nitrogens is 2. The molecule has 7 heteroatoms. The summed E-state index contributed by atoms with van der Waals surface area (Å²) in [6, 6.07) is 15.9. The maximum atomic E-state index is 12.5. The molecule has 5 rings (SSSR count). The molecule has 7 nitrogen and oxygen atoms in total. The molecule has 1 amide bonds. The summed E-state index contributed by atoms with van der Waals surface area (Å²) >= 11 is 0. The Morgan fingerprint density at radius 1 is 1.15 bits per heavy atom. The number of aliphatic hydroxyl groups is 1. The first kappa shape index (κ1) is 22.0. The summed E-state index contributed by atoms with van der Waals surface area (Å²) in [5, 5.41) is 15.6. The van der Waals surface area contributed by atoms with Gasteiger partial charge in [0, 0.05) is 29.8 Å². The van der Waals surface area contributed by atoms with Gasteiger partial charge < -0.3 is 20.5 Å². The Balaban J connectivity index is 1.54. The van der Waals surface area contributed by atoms with Crippen molar-refractivity contribution >= 4 is 17.2 Å². The first-order chi connectivity index (χ1) is 16.5. The maximum absolute atomic E-state index is 12.5. The van der Waals surface area contributed by atoms with Crippen molar-refractivity contribution < 1.29 is 14.6 Å². The molecule has 0 aliphatic heterocycles. The normalized spacial score (nSPS) is 13.1. The first-order valence-electron chi connectivity index (χ1n) is 11.5. The van der Waals surface area contributed by atoms with Crippen LogP contribution in [0.5, 0.6) is 11.5 Å². The molecule has 3 N–H and O–H groups in total. The zero-order valence-electron chi connectivity index (χ0n) is 19.3. The Morgan fingerprint density at radius 2 is 1.97 bits per heavy atom. The minimum absolute atomic E-state index is 0.00613. The Hall–Kier alpha value is -3.84. The summed E-state index contributed by atoms with van der Waals surface area (Å²) in [5.41, 5.74) is 5.98. The second-order valence-electron chi connectivity index (χ2n) is 8.72. The van der Waals surface area contributed by atoms with Gasteiger partial charge in [0.15, 0.2) is 5.65 Å². The van der Waals surface area contributed by atoms with Crippen LogP contribution in [-0.4, -0.2) is 39.6 Å². The highest BCUT2D eigenvalue weighted by atomic mass is 16.5. The molecule has 0 radical (unpaired) electrons. The van der Waals surface area contributed by atoms with E-state index >= 15 is 0 Å². The van der Waals surface area contributed by atoms with Crippen LogP contribution in [0.25, 0.3) is 16.9 Å². The fourth-order valence-electron chi connectivity index (χ4n) is 4.02. The Morgan fingerprint density at radius 3 is 2.71 bits per heavy atom. The van der Waals surface area contributed by atoms with Crippen LogP contribution in [0.15, 0.2) is 60.9 Å². The van der Waals surface area contributed by atoms with Gasteiger partial charge >= 0.3 is 0 Å². The van der Waals surface area contributed by atoms with Gasteiger partial charge in [-0.2, -0.15) is 0 Å². The lowest BCUT2D eigenvalue weighted by molar-refractivity contribution is 0.0950. The molecule has 0 spiro atoms. The number of hydrogen-bond donors (Lipinski definition) is 3. The molecule has 2 heterocycles.